The van der Waals surface area contributed by atoms with Crippen molar-refractivity contribution in [3.05, 3.63) is 0 Å². The van der Waals surface area contributed by atoms with Gasteiger partial charge >= 0.3 is 0 Å². The van der Waals surface area contributed by atoms with Crippen molar-refractivity contribution < 1.29 is 5.11 Å². The molecule has 0 aliphatic heterocycles. The molecule has 1 fully saturated rings. The number of alkyl halides is 2. The van der Waals surface area contributed by atoms with Crippen molar-refractivity contribution in [1.29, 1.82) is 0 Å². The van der Waals surface area contributed by atoms with Crippen LogP contribution in [-0.2, 0) is 0 Å². The minimum absolute atomic E-state index is 0.227. The fraction of sp³-hybridized carbons (Fsp3) is 0.636. The molecule has 1 rings (SSSR count). The molecular formula is C11H12Br2O. The standard InChI is InChI=1S/C11H12Br2O/c1-4-6-10(14,7-5-2)9(3)8-11(9,12)13/h1-2,14H,6-8H2,3H3. The predicted octanol–water partition coefficient (Wildman–Crippen LogP) is 2.66. The molecule has 0 bridgehead atoms. The van der Waals surface area contributed by atoms with E-state index in [9.17, 15) is 5.11 Å². The van der Waals surface area contributed by atoms with Gasteiger partial charge in [0.1, 0.15) is 0 Å². The monoisotopic (exact) mass is 318 g/mol. The first-order chi connectivity index (χ1) is 6.33. The lowest BCUT2D eigenvalue weighted by molar-refractivity contribution is -0.0159. The normalized spacial score (nSPS) is 29.0. The van der Waals surface area contributed by atoms with Crippen LogP contribution in [0.25, 0.3) is 0 Å². The van der Waals surface area contributed by atoms with Crippen LogP contribution in [0.2, 0.25) is 0 Å². The van der Waals surface area contributed by atoms with Gasteiger partial charge in [0.2, 0.25) is 0 Å². The highest BCUT2D eigenvalue weighted by molar-refractivity contribution is 9.25. The van der Waals surface area contributed by atoms with E-state index in [1.807, 2.05) is 6.92 Å². The van der Waals surface area contributed by atoms with Gasteiger partial charge in [0.25, 0.3) is 0 Å². The Morgan fingerprint density at radius 1 is 1.36 bits per heavy atom. The van der Waals surface area contributed by atoms with Crippen molar-refractivity contribution in [3.63, 3.8) is 0 Å². The number of rotatable bonds is 3. The lowest BCUT2D eigenvalue weighted by atomic mass is 9.80. The molecule has 0 radical (unpaired) electrons. The maximum atomic E-state index is 10.4. The summed E-state index contributed by atoms with van der Waals surface area (Å²) in [4.78, 5) is 0. The van der Waals surface area contributed by atoms with Crippen molar-refractivity contribution in [3.8, 4) is 24.7 Å². The average molecular weight is 320 g/mol. The molecule has 1 N–H and O–H groups in total. The highest BCUT2D eigenvalue weighted by Gasteiger charge is 2.70. The zero-order valence-electron chi connectivity index (χ0n) is 7.98. The first-order valence-corrected chi connectivity index (χ1v) is 5.89. The molecule has 14 heavy (non-hydrogen) atoms. The van der Waals surface area contributed by atoms with Crippen molar-refractivity contribution >= 4 is 31.9 Å². The van der Waals surface area contributed by atoms with Gasteiger partial charge in [-0.3, -0.25) is 0 Å². The van der Waals surface area contributed by atoms with E-state index in [1.165, 1.54) is 0 Å². The molecule has 1 nitrogen and oxygen atoms in total. The predicted molar refractivity (Wildman–Crippen MR) is 65.2 cm³/mol. The van der Waals surface area contributed by atoms with Gasteiger partial charge in [-0.25, -0.2) is 0 Å². The van der Waals surface area contributed by atoms with Crippen molar-refractivity contribution in [2.75, 3.05) is 0 Å². The summed E-state index contributed by atoms with van der Waals surface area (Å²) >= 11 is 7.01. The average Bonchev–Trinajstić information content (AvgIpc) is 2.54. The fourth-order valence-electron chi connectivity index (χ4n) is 1.70. The molecule has 3 heteroatoms. The van der Waals surface area contributed by atoms with Gasteiger partial charge in [-0.15, -0.1) is 24.7 Å². The van der Waals surface area contributed by atoms with Gasteiger partial charge in [0.05, 0.1) is 8.83 Å². The molecule has 0 spiro atoms. The smallest absolute Gasteiger partial charge is 0.0940 e. The molecule has 0 aromatic carbocycles. The summed E-state index contributed by atoms with van der Waals surface area (Å²) in [6, 6.07) is 0. The second-order valence-electron chi connectivity index (χ2n) is 4.01. The topological polar surface area (TPSA) is 20.2 Å². The van der Waals surface area contributed by atoms with Crippen LogP contribution in [0.5, 0.6) is 0 Å². The van der Waals surface area contributed by atoms with Gasteiger partial charge in [0.15, 0.2) is 0 Å². The van der Waals surface area contributed by atoms with Crippen LogP contribution < -0.4 is 0 Å². The Morgan fingerprint density at radius 3 is 1.93 bits per heavy atom. The Kier molecular flexibility index (Phi) is 3.08. The molecule has 0 aromatic rings. The van der Waals surface area contributed by atoms with Crippen molar-refractivity contribution in [1.82, 2.24) is 0 Å². The van der Waals surface area contributed by atoms with Gasteiger partial charge in [-0.2, -0.15) is 0 Å². The molecule has 76 valence electrons. The first-order valence-electron chi connectivity index (χ1n) is 4.30. The molecule has 1 aliphatic carbocycles. The van der Waals surface area contributed by atoms with Gasteiger partial charge in [-0.05, 0) is 6.42 Å². The van der Waals surface area contributed by atoms with Gasteiger partial charge < -0.3 is 5.11 Å². The molecule has 1 saturated carbocycles. The molecule has 1 aliphatic rings. The van der Waals surface area contributed by atoms with Crippen molar-refractivity contribution in [2.45, 2.75) is 35.0 Å². The minimum Gasteiger partial charge on any atom is -0.387 e. The summed E-state index contributed by atoms with van der Waals surface area (Å²) in [5.74, 6) is 4.98. The maximum absolute atomic E-state index is 10.4. The largest absolute Gasteiger partial charge is 0.387 e. The van der Waals surface area contributed by atoms with Crippen LogP contribution in [0.4, 0.5) is 0 Å². The number of halogens is 2. The molecule has 0 aromatic heterocycles. The zero-order valence-corrected chi connectivity index (χ0v) is 11.2. The summed E-state index contributed by atoms with van der Waals surface area (Å²) < 4.78 is -0.227. The van der Waals surface area contributed by atoms with E-state index in [2.05, 4.69) is 43.7 Å². The molecule has 0 heterocycles. The Bertz CT molecular complexity index is 305. The van der Waals surface area contributed by atoms with E-state index in [4.69, 9.17) is 12.8 Å². The zero-order chi connectivity index (χ0) is 11.0. The quantitative estimate of drug-likeness (QED) is 0.626. The molecule has 0 saturated heterocycles. The van der Waals surface area contributed by atoms with Crippen LogP contribution >= 0.6 is 31.9 Å². The fourth-order valence-corrected chi connectivity index (χ4v) is 3.55. The van der Waals surface area contributed by atoms with Crippen LogP contribution in [0.1, 0.15) is 26.2 Å². The van der Waals surface area contributed by atoms with Crippen LogP contribution in [-0.4, -0.2) is 13.9 Å². The third-order valence-corrected chi connectivity index (χ3v) is 5.38. The molecular weight excluding hydrogens is 308 g/mol. The van der Waals surface area contributed by atoms with Crippen LogP contribution in [0, 0.1) is 30.1 Å². The first kappa shape index (κ1) is 12.1. The Balaban J connectivity index is 2.93. The number of hydrogen-bond donors (Lipinski definition) is 1. The SMILES string of the molecule is C#CCC(O)(CC#C)C1(C)CC1(Br)Br. The van der Waals surface area contributed by atoms with Crippen molar-refractivity contribution in [2.24, 2.45) is 5.41 Å². The second kappa shape index (κ2) is 3.56. The van der Waals surface area contributed by atoms with E-state index < -0.39 is 5.60 Å². The van der Waals surface area contributed by atoms with Gasteiger partial charge in [-0.1, -0.05) is 38.8 Å². The molecule has 1 atom stereocenters. The highest BCUT2D eigenvalue weighted by Crippen LogP contribution is 2.72. The lowest BCUT2D eigenvalue weighted by Crippen LogP contribution is -2.40. The van der Waals surface area contributed by atoms with Crippen LogP contribution in [0.3, 0.4) is 0 Å². The number of terminal acetylenes is 2. The summed E-state index contributed by atoms with van der Waals surface area (Å²) in [7, 11) is 0. The van der Waals surface area contributed by atoms with E-state index in [0.29, 0.717) is 0 Å². The summed E-state index contributed by atoms with van der Waals surface area (Å²) in [6.07, 6.45) is 11.9. The summed E-state index contributed by atoms with van der Waals surface area (Å²) in [5.41, 5.74) is -1.28. The highest BCUT2D eigenvalue weighted by atomic mass is 79.9. The lowest BCUT2D eigenvalue weighted by Gasteiger charge is -2.33. The minimum atomic E-state index is -0.983. The van der Waals surface area contributed by atoms with Gasteiger partial charge in [0, 0.05) is 18.3 Å². The van der Waals surface area contributed by atoms with E-state index in [0.717, 1.165) is 6.42 Å². The van der Waals surface area contributed by atoms with Crippen LogP contribution in [0.15, 0.2) is 0 Å². The summed E-state index contributed by atoms with van der Waals surface area (Å²) in [6.45, 7) is 1.98. The summed E-state index contributed by atoms with van der Waals surface area (Å²) in [5, 5.41) is 10.4. The van der Waals surface area contributed by atoms with E-state index in [-0.39, 0.29) is 21.5 Å². The Labute approximate surface area is 102 Å². The number of aliphatic hydroxyl groups is 1. The molecule has 1 unspecified atom stereocenters. The Morgan fingerprint density at radius 2 is 1.71 bits per heavy atom. The Hall–Kier alpha value is 0.0400. The third kappa shape index (κ3) is 1.63. The maximum Gasteiger partial charge on any atom is 0.0940 e. The van der Waals surface area contributed by atoms with E-state index >= 15 is 0 Å². The number of hydrogen-bond acceptors (Lipinski definition) is 1. The molecule has 0 amide bonds. The second-order valence-corrected chi connectivity index (χ2v) is 7.78. The third-order valence-electron chi connectivity index (χ3n) is 3.07. The van der Waals surface area contributed by atoms with E-state index in [1.54, 1.807) is 0 Å².